The normalized spacial score (nSPS) is 14.1. The number of piperazine rings is 1. The monoisotopic (exact) mass is 410 g/mol. The maximum atomic E-state index is 12.1. The highest BCUT2D eigenvalue weighted by Gasteiger charge is 2.19. The third-order valence-corrected chi connectivity index (χ3v) is 5.52. The van der Waals surface area contributed by atoms with Crippen LogP contribution in [0.3, 0.4) is 0 Å². The van der Waals surface area contributed by atoms with Gasteiger partial charge in [0.05, 0.1) is 5.75 Å². The number of nitrogens with zero attached hydrogens (tertiary/aromatic N) is 5. The zero-order valence-electron chi connectivity index (χ0n) is 16.1. The van der Waals surface area contributed by atoms with Crippen LogP contribution in [0.15, 0.2) is 58.3 Å². The molecule has 29 heavy (non-hydrogen) atoms. The summed E-state index contributed by atoms with van der Waals surface area (Å²) in [5, 5.41) is 7.24. The fraction of sp³-hybridized carbons (Fsp3) is 0.300. The number of amides is 1. The van der Waals surface area contributed by atoms with Crippen molar-refractivity contribution in [1.29, 1.82) is 0 Å². The molecule has 3 heterocycles. The molecule has 1 aromatic carbocycles. The van der Waals surface area contributed by atoms with Crippen molar-refractivity contribution >= 4 is 35.0 Å². The van der Waals surface area contributed by atoms with Crippen molar-refractivity contribution in [2.24, 2.45) is 0 Å². The summed E-state index contributed by atoms with van der Waals surface area (Å²) in [6.07, 6.45) is 1.56. The molecule has 1 aliphatic rings. The molecule has 2 aromatic heterocycles. The van der Waals surface area contributed by atoms with Crippen LogP contribution < -0.4 is 15.1 Å². The van der Waals surface area contributed by atoms with Crippen molar-refractivity contribution in [2.45, 2.75) is 11.9 Å². The van der Waals surface area contributed by atoms with Crippen LogP contribution in [0.4, 0.5) is 17.3 Å². The van der Waals surface area contributed by atoms with Gasteiger partial charge in [-0.15, -0.1) is 0 Å². The molecule has 0 radical (unpaired) electrons. The number of benzene rings is 1. The number of hydrogen-bond acceptors (Lipinski definition) is 8. The lowest BCUT2D eigenvalue weighted by molar-refractivity contribution is -0.113. The van der Waals surface area contributed by atoms with Gasteiger partial charge in [-0.25, -0.2) is 9.97 Å². The summed E-state index contributed by atoms with van der Waals surface area (Å²) in [5.74, 6) is 2.06. The molecule has 0 aliphatic carbocycles. The zero-order chi connectivity index (χ0) is 20.1. The first-order valence-electron chi connectivity index (χ1n) is 9.40. The number of thioether (sulfide) groups is 1. The Morgan fingerprint density at radius 2 is 1.86 bits per heavy atom. The van der Waals surface area contributed by atoms with Gasteiger partial charge in [-0.2, -0.15) is 0 Å². The number of anilines is 3. The van der Waals surface area contributed by atoms with E-state index in [1.165, 1.54) is 17.4 Å². The Hall–Kier alpha value is -3.07. The van der Waals surface area contributed by atoms with Gasteiger partial charge in [-0.05, 0) is 19.1 Å². The van der Waals surface area contributed by atoms with E-state index in [-0.39, 0.29) is 11.7 Å². The molecule has 0 spiro atoms. The van der Waals surface area contributed by atoms with Gasteiger partial charge >= 0.3 is 0 Å². The van der Waals surface area contributed by atoms with Crippen LogP contribution >= 0.6 is 11.8 Å². The van der Waals surface area contributed by atoms with Gasteiger partial charge in [0.2, 0.25) is 5.91 Å². The Kier molecular flexibility index (Phi) is 5.95. The van der Waals surface area contributed by atoms with Crippen molar-refractivity contribution in [3.63, 3.8) is 0 Å². The minimum Gasteiger partial charge on any atom is -0.368 e. The molecule has 1 aliphatic heterocycles. The van der Waals surface area contributed by atoms with Crippen LogP contribution in [0.2, 0.25) is 0 Å². The SMILES string of the molecule is Cc1cc(NC(=O)CSc2cc(N3CCN(c4ccccc4)CC3)ncn2)no1. The number of aryl methyl sites for hydroxylation is 1. The standard InChI is InChI=1S/C20H22N6O2S/c1-15-11-17(24-28-15)23-19(27)13-29-20-12-18(21-14-22-20)26-9-7-25(8-10-26)16-5-3-2-4-6-16/h2-6,11-12,14H,7-10,13H2,1H3,(H,23,24,27). The predicted molar refractivity (Wildman–Crippen MR) is 113 cm³/mol. The van der Waals surface area contributed by atoms with Crippen molar-refractivity contribution in [3.8, 4) is 0 Å². The highest BCUT2D eigenvalue weighted by molar-refractivity contribution is 7.99. The van der Waals surface area contributed by atoms with Crippen LogP contribution in [0, 0.1) is 6.92 Å². The number of carbonyl (C=O) groups excluding carboxylic acids is 1. The summed E-state index contributed by atoms with van der Waals surface area (Å²) in [7, 11) is 0. The highest BCUT2D eigenvalue weighted by Crippen LogP contribution is 2.22. The molecule has 3 aromatic rings. The van der Waals surface area contributed by atoms with Crippen LogP contribution in [0.25, 0.3) is 0 Å². The average molecular weight is 411 g/mol. The van der Waals surface area contributed by atoms with E-state index in [9.17, 15) is 4.79 Å². The molecule has 1 saturated heterocycles. The molecule has 9 heteroatoms. The third kappa shape index (κ3) is 5.05. The first-order valence-corrected chi connectivity index (χ1v) is 10.4. The van der Waals surface area contributed by atoms with E-state index in [0.29, 0.717) is 11.6 Å². The second kappa shape index (κ2) is 8.95. The van der Waals surface area contributed by atoms with Gasteiger partial charge in [0.15, 0.2) is 5.82 Å². The average Bonchev–Trinajstić information content (AvgIpc) is 3.18. The lowest BCUT2D eigenvalue weighted by Gasteiger charge is -2.36. The molecular formula is C20H22N6O2S. The van der Waals surface area contributed by atoms with E-state index < -0.39 is 0 Å². The Balaban J connectivity index is 1.30. The number of nitrogens with one attached hydrogen (secondary N) is 1. The second-order valence-corrected chi connectivity index (χ2v) is 7.68. The van der Waals surface area contributed by atoms with Gasteiger partial charge < -0.3 is 19.6 Å². The summed E-state index contributed by atoms with van der Waals surface area (Å²) in [6, 6.07) is 14.1. The van der Waals surface area contributed by atoms with Crippen molar-refractivity contribution < 1.29 is 9.32 Å². The first kappa shape index (κ1) is 19.3. The molecule has 1 amide bonds. The van der Waals surface area contributed by atoms with E-state index >= 15 is 0 Å². The highest BCUT2D eigenvalue weighted by atomic mass is 32.2. The number of hydrogen-bond donors (Lipinski definition) is 1. The lowest BCUT2D eigenvalue weighted by Crippen LogP contribution is -2.46. The Morgan fingerprint density at radius 3 is 2.59 bits per heavy atom. The van der Waals surface area contributed by atoms with Gasteiger partial charge in [0, 0.05) is 44.0 Å². The molecule has 0 bridgehead atoms. The van der Waals surface area contributed by atoms with Crippen LogP contribution in [0.1, 0.15) is 5.76 Å². The molecule has 4 rings (SSSR count). The number of rotatable bonds is 6. The maximum absolute atomic E-state index is 12.1. The van der Waals surface area contributed by atoms with Gasteiger partial charge in [0.1, 0.15) is 22.9 Å². The van der Waals surface area contributed by atoms with Crippen molar-refractivity contribution in [1.82, 2.24) is 15.1 Å². The second-order valence-electron chi connectivity index (χ2n) is 6.68. The number of para-hydroxylation sites is 1. The molecule has 150 valence electrons. The smallest absolute Gasteiger partial charge is 0.236 e. The summed E-state index contributed by atoms with van der Waals surface area (Å²) >= 11 is 1.37. The topological polar surface area (TPSA) is 87.4 Å². The molecule has 8 nitrogen and oxygen atoms in total. The summed E-state index contributed by atoms with van der Waals surface area (Å²) in [4.78, 5) is 25.4. The number of carbonyl (C=O) groups is 1. The molecule has 0 atom stereocenters. The summed E-state index contributed by atoms with van der Waals surface area (Å²) < 4.78 is 4.95. The van der Waals surface area contributed by atoms with Gasteiger partial charge in [-0.3, -0.25) is 4.79 Å². The van der Waals surface area contributed by atoms with Gasteiger partial charge in [0.25, 0.3) is 0 Å². The quantitative estimate of drug-likeness (QED) is 0.490. The van der Waals surface area contributed by atoms with E-state index in [1.807, 2.05) is 12.1 Å². The van der Waals surface area contributed by atoms with Gasteiger partial charge in [-0.1, -0.05) is 35.1 Å². The van der Waals surface area contributed by atoms with Crippen molar-refractivity contribution in [2.75, 3.05) is 47.0 Å². The largest absolute Gasteiger partial charge is 0.368 e. The minimum absolute atomic E-state index is 0.153. The van der Waals surface area contributed by atoms with Crippen LogP contribution in [-0.4, -0.2) is 53.0 Å². The third-order valence-electron chi connectivity index (χ3n) is 4.60. The Labute approximate surface area is 173 Å². The minimum atomic E-state index is -0.153. The maximum Gasteiger partial charge on any atom is 0.236 e. The molecular weight excluding hydrogens is 388 g/mol. The Bertz CT molecular complexity index is 956. The molecule has 1 N–H and O–H groups in total. The number of aromatic nitrogens is 3. The molecule has 0 saturated carbocycles. The molecule has 0 unspecified atom stereocenters. The summed E-state index contributed by atoms with van der Waals surface area (Å²) in [6.45, 7) is 5.44. The van der Waals surface area contributed by atoms with Crippen molar-refractivity contribution in [3.05, 3.63) is 54.6 Å². The predicted octanol–water partition coefficient (Wildman–Crippen LogP) is 2.83. The zero-order valence-corrected chi connectivity index (χ0v) is 16.9. The van der Waals surface area contributed by atoms with E-state index in [2.05, 4.69) is 54.5 Å². The van der Waals surface area contributed by atoms with Crippen LogP contribution in [-0.2, 0) is 4.79 Å². The Morgan fingerprint density at radius 1 is 1.10 bits per heavy atom. The van der Waals surface area contributed by atoms with E-state index in [1.54, 1.807) is 19.3 Å². The van der Waals surface area contributed by atoms with E-state index in [0.717, 1.165) is 37.0 Å². The summed E-state index contributed by atoms with van der Waals surface area (Å²) in [5.41, 5.74) is 1.25. The lowest BCUT2D eigenvalue weighted by atomic mass is 10.2. The fourth-order valence-electron chi connectivity index (χ4n) is 3.16. The fourth-order valence-corrected chi connectivity index (χ4v) is 3.82. The first-order chi connectivity index (χ1) is 14.2. The van der Waals surface area contributed by atoms with Crippen LogP contribution in [0.5, 0.6) is 0 Å². The molecule has 1 fully saturated rings. The van der Waals surface area contributed by atoms with E-state index in [4.69, 9.17) is 4.52 Å².